The lowest BCUT2D eigenvalue weighted by Crippen LogP contribution is -2.43. The number of rotatable bonds is 1. The highest BCUT2D eigenvalue weighted by Gasteiger charge is 2.47. The Morgan fingerprint density at radius 2 is 2.00 bits per heavy atom. The average Bonchev–Trinajstić information content (AvgIpc) is 2.31. The van der Waals surface area contributed by atoms with E-state index in [1.807, 2.05) is 0 Å². The molecule has 0 heterocycles. The van der Waals surface area contributed by atoms with Crippen LogP contribution >= 0.6 is 0 Å². The van der Waals surface area contributed by atoms with Gasteiger partial charge in [0.1, 0.15) is 0 Å². The molecular weight excluding hydrogens is 168 g/mol. The largest absolute Gasteiger partial charge is 0.0651 e. The predicted octanol–water partition coefficient (Wildman–Crippen LogP) is 4.64. The van der Waals surface area contributed by atoms with E-state index in [9.17, 15) is 0 Å². The minimum atomic E-state index is 0.725. The lowest BCUT2D eigenvalue weighted by Gasteiger charge is -2.52. The van der Waals surface area contributed by atoms with E-state index in [-0.39, 0.29) is 0 Å². The number of hydrogen-bond acceptors (Lipinski definition) is 0. The third-order valence-electron chi connectivity index (χ3n) is 5.42. The van der Waals surface area contributed by atoms with Crippen molar-refractivity contribution in [2.24, 2.45) is 23.2 Å². The van der Waals surface area contributed by atoms with Gasteiger partial charge >= 0.3 is 0 Å². The third kappa shape index (κ3) is 1.73. The second-order valence-electron chi connectivity index (χ2n) is 6.15. The van der Waals surface area contributed by atoms with Gasteiger partial charge in [-0.15, -0.1) is 0 Å². The fourth-order valence-electron chi connectivity index (χ4n) is 3.81. The maximum Gasteiger partial charge on any atom is -0.0295 e. The molecule has 0 saturated heterocycles. The summed E-state index contributed by atoms with van der Waals surface area (Å²) in [5.41, 5.74) is 0.725. The fraction of sp³-hybridized carbons (Fsp3) is 1.00. The first-order valence-corrected chi connectivity index (χ1v) is 6.65. The van der Waals surface area contributed by atoms with Crippen LogP contribution in [0.2, 0.25) is 0 Å². The molecule has 0 amide bonds. The maximum absolute atomic E-state index is 2.53. The Balaban J connectivity index is 1.99. The van der Waals surface area contributed by atoms with Crippen molar-refractivity contribution in [3.05, 3.63) is 0 Å². The van der Waals surface area contributed by atoms with E-state index in [4.69, 9.17) is 0 Å². The van der Waals surface area contributed by atoms with Crippen molar-refractivity contribution in [3.63, 3.8) is 0 Å². The first-order chi connectivity index (χ1) is 6.65. The Kier molecular flexibility index (Phi) is 2.91. The van der Waals surface area contributed by atoms with Gasteiger partial charge in [0.25, 0.3) is 0 Å². The van der Waals surface area contributed by atoms with Crippen LogP contribution in [0, 0.1) is 23.2 Å². The summed E-state index contributed by atoms with van der Waals surface area (Å²) >= 11 is 0. The molecule has 14 heavy (non-hydrogen) atoms. The van der Waals surface area contributed by atoms with E-state index in [0.29, 0.717) is 0 Å². The van der Waals surface area contributed by atoms with E-state index in [1.165, 1.54) is 44.9 Å². The van der Waals surface area contributed by atoms with E-state index in [2.05, 4.69) is 20.8 Å². The first kappa shape index (κ1) is 10.5. The van der Waals surface area contributed by atoms with Crippen molar-refractivity contribution in [2.45, 2.75) is 65.7 Å². The van der Waals surface area contributed by atoms with E-state index >= 15 is 0 Å². The Morgan fingerprint density at radius 3 is 2.64 bits per heavy atom. The van der Waals surface area contributed by atoms with Gasteiger partial charge in [-0.05, 0) is 42.4 Å². The van der Waals surface area contributed by atoms with Crippen LogP contribution in [0.25, 0.3) is 0 Å². The Bertz CT molecular complexity index is 196. The topological polar surface area (TPSA) is 0 Å². The molecule has 82 valence electrons. The van der Waals surface area contributed by atoms with Crippen molar-refractivity contribution in [2.75, 3.05) is 0 Å². The van der Waals surface area contributed by atoms with Crippen LogP contribution in [0.4, 0.5) is 0 Å². The zero-order valence-electron chi connectivity index (χ0n) is 10.2. The van der Waals surface area contributed by atoms with Crippen LogP contribution in [0.5, 0.6) is 0 Å². The molecule has 0 aromatic rings. The van der Waals surface area contributed by atoms with Crippen molar-refractivity contribution < 1.29 is 0 Å². The van der Waals surface area contributed by atoms with Crippen molar-refractivity contribution in [1.29, 1.82) is 0 Å². The van der Waals surface area contributed by atoms with E-state index in [1.54, 1.807) is 0 Å². The van der Waals surface area contributed by atoms with Gasteiger partial charge in [-0.3, -0.25) is 0 Å². The smallest absolute Gasteiger partial charge is 0.0295 e. The van der Waals surface area contributed by atoms with Crippen LogP contribution in [-0.4, -0.2) is 0 Å². The van der Waals surface area contributed by atoms with E-state index < -0.39 is 0 Å². The predicted molar refractivity (Wildman–Crippen MR) is 62.2 cm³/mol. The molecule has 2 bridgehead atoms. The van der Waals surface area contributed by atoms with Gasteiger partial charge in [0.2, 0.25) is 0 Å². The van der Waals surface area contributed by atoms with Crippen molar-refractivity contribution in [3.8, 4) is 0 Å². The van der Waals surface area contributed by atoms with Crippen LogP contribution in [0.1, 0.15) is 65.7 Å². The van der Waals surface area contributed by atoms with Gasteiger partial charge in [0.15, 0.2) is 0 Å². The lowest BCUT2D eigenvalue weighted by molar-refractivity contribution is -0.0260. The molecular formula is C14H26. The van der Waals surface area contributed by atoms with Crippen molar-refractivity contribution >= 4 is 0 Å². The average molecular weight is 194 g/mol. The highest BCUT2D eigenvalue weighted by atomic mass is 14.5. The Morgan fingerprint density at radius 1 is 1.21 bits per heavy atom. The minimum absolute atomic E-state index is 0.725. The summed E-state index contributed by atoms with van der Waals surface area (Å²) in [5, 5.41) is 0. The molecule has 3 fully saturated rings. The third-order valence-corrected chi connectivity index (χ3v) is 5.42. The minimum Gasteiger partial charge on any atom is -0.0651 e. The molecule has 3 rings (SSSR count). The molecule has 0 aliphatic heterocycles. The highest BCUT2D eigenvalue weighted by molar-refractivity contribution is 4.97. The van der Waals surface area contributed by atoms with Gasteiger partial charge in [-0.1, -0.05) is 46.5 Å². The molecule has 3 aliphatic rings. The summed E-state index contributed by atoms with van der Waals surface area (Å²) in [4.78, 5) is 0. The summed E-state index contributed by atoms with van der Waals surface area (Å²) in [6.45, 7) is 7.41. The standard InChI is InChI=1S/C14H26/c1-4-12-6-5-7-13-10-14(3,9-8-12)11(13)2/h11-13H,4-10H2,1-3H3. The van der Waals surface area contributed by atoms with Gasteiger partial charge in [-0.2, -0.15) is 0 Å². The highest BCUT2D eigenvalue weighted by Crippen LogP contribution is 2.56. The van der Waals surface area contributed by atoms with Gasteiger partial charge in [0, 0.05) is 0 Å². The van der Waals surface area contributed by atoms with Gasteiger partial charge in [0.05, 0.1) is 0 Å². The quantitative estimate of drug-likeness (QED) is 0.570. The first-order valence-electron chi connectivity index (χ1n) is 6.65. The zero-order valence-corrected chi connectivity index (χ0v) is 10.2. The normalized spacial score (nSPS) is 48.6. The molecule has 0 spiro atoms. The summed E-state index contributed by atoms with van der Waals surface area (Å²) in [6, 6.07) is 0. The molecule has 0 nitrogen and oxygen atoms in total. The Hall–Kier alpha value is 0. The van der Waals surface area contributed by atoms with Gasteiger partial charge < -0.3 is 0 Å². The summed E-state index contributed by atoms with van der Waals surface area (Å²) in [6.07, 6.45) is 10.5. The van der Waals surface area contributed by atoms with Gasteiger partial charge in [-0.25, -0.2) is 0 Å². The lowest BCUT2D eigenvalue weighted by atomic mass is 9.53. The molecule has 3 saturated carbocycles. The van der Waals surface area contributed by atoms with Crippen molar-refractivity contribution in [1.82, 2.24) is 0 Å². The molecule has 0 aromatic carbocycles. The molecule has 0 radical (unpaired) electrons. The van der Waals surface area contributed by atoms with Crippen LogP contribution in [-0.2, 0) is 0 Å². The number of hydrogen-bond donors (Lipinski definition) is 0. The van der Waals surface area contributed by atoms with Crippen LogP contribution in [0.3, 0.4) is 0 Å². The Labute approximate surface area is 89.5 Å². The van der Waals surface area contributed by atoms with Crippen LogP contribution in [0.15, 0.2) is 0 Å². The molecule has 0 heteroatoms. The molecule has 0 N–H and O–H groups in total. The second-order valence-corrected chi connectivity index (χ2v) is 6.15. The monoisotopic (exact) mass is 194 g/mol. The maximum atomic E-state index is 2.53. The summed E-state index contributed by atoms with van der Waals surface area (Å²) < 4.78 is 0. The fourth-order valence-corrected chi connectivity index (χ4v) is 3.81. The molecule has 3 aliphatic carbocycles. The van der Waals surface area contributed by atoms with E-state index in [0.717, 1.165) is 23.2 Å². The zero-order chi connectivity index (χ0) is 10.2. The molecule has 0 aromatic heterocycles. The molecule has 4 unspecified atom stereocenters. The van der Waals surface area contributed by atoms with Crippen LogP contribution < -0.4 is 0 Å². The SMILES string of the molecule is CCC1CCCC2CC(C)(CC1)C2C. The second kappa shape index (κ2) is 3.87. The summed E-state index contributed by atoms with van der Waals surface area (Å²) in [5.74, 6) is 3.13. The number of fused-ring (bicyclic) bond motifs is 5. The molecule has 4 atom stereocenters. The summed E-state index contributed by atoms with van der Waals surface area (Å²) in [7, 11) is 0.